The molecule has 0 aliphatic heterocycles. The average molecular weight is 256 g/mol. The average Bonchev–Trinajstić information content (AvgIpc) is 2.18. The number of aliphatic carboxylic acids is 1. The first-order valence-electron chi connectivity index (χ1n) is 5.25. The van der Waals surface area contributed by atoms with Crippen LogP contribution in [0.15, 0.2) is 22.2 Å². The van der Waals surface area contributed by atoms with Crippen LogP contribution in [-0.2, 0) is 10.3 Å². The molecule has 1 rings (SSSR count). The Bertz CT molecular complexity index is 463. The molecule has 0 amide bonds. The maximum atomic E-state index is 12.0. The number of carboxylic acid groups (broad SMARTS) is 1. The van der Waals surface area contributed by atoms with Gasteiger partial charge in [0.05, 0.1) is 6.42 Å². The lowest BCUT2D eigenvalue weighted by Crippen LogP contribution is -2.34. The summed E-state index contributed by atoms with van der Waals surface area (Å²) in [6, 6.07) is 0. The van der Waals surface area contributed by atoms with Crippen LogP contribution >= 0.6 is 11.8 Å². The summed E-state index contributed by atoms with van der Waals surface area (Å²) in [5.41, 5.74) is -0.474. The standard InChI is InChI=1S/C11H16N2O3S/c1-11(2,3)13-6-5-12-9(10(13)16)17-7-4-8(14)15/h5-6H,4,7H2,1-3H3,(H,14,15). The van der Waals surface area contributed by atoms with Gasteiger partial charge in [0.2, 0.25) is 0 Å². The first kappa shape index (κ1) is 13.8. The third kappa shape index (κ3) is 3.89. The second-order valence-corrected chi connectivity index (χ2v) is 5.65. The monoisotopic (exact) mass is 256 g/mol. The Labute approximate surface area is 104 Å². The number of carboxylic acids is 1. The smallest absolute Gasteiger partial charge is 0.304 e. The van der Waals surface area contributed by atoms with Crippen molar-refractivity contribution in [2.24, 2.45) is 0 Å². The van der Waals surface area contributed by atoms with Crippen LogP contribution in [0, 0.1) is 0 Å². The molecule has 1 N–H and O–H groups in total. The predicted octanol–water partition coefficient (Wildman–Crippen LogP) is 1.57. The molecule has 0 atom stereocenters. The molecular weight excluding hydrogens is 240 g/mol. The van der Waals surface area contributed by atoms with Crippen LogP contribution in [0.3, 0.4) is 0 Å². The highest BCUT2D eigenvalue weighted by molar-refractivity contribution is 7.99. The number of hydrogen-bond donors (Lipinski definition) is 1. The first-order valence-corrected chi connectivity index (χ1v) is 6.23. The minimum absolute atomic E-state index is 0.0240. The minimum Gasteiger partial charge on any atom is -0.481 e. The molecule has 0 unspecified atom stereocenters. The molecule has 5 nitrogen and oxygen atoms in total. The van der Waals surface area contributed by atoms with Gasteiger partial charge in [-0.15, -0.1) is 11.8 Å². The van der Waals surface area contributed by atoms with Crippen LogP contribution in [0.2, 0.25) is 0 Å². The molecule has 17 heavy (non-hydrogen) atoms. The van der Waals surface area contributed by atoms with Crippen LogP contribution in [-0.4, -0.2) is 26.4 Å². The van der Waals surface area contributed by atoms with Crippen molar-refractivity contribution in [3.8, 4) is 0 Å². The third-order valence-corrected chi connectivity index (χ3v) is 3.05. The van der Waals surface area contributed by atoms with E-state index in [1.807, 2.05) is 20.8 Å². The van der Waals surface area contributed by atoms with Gasteiger partial charge >= 0.3 is 5.97 Å². The molecule has 1 aromatic rings. The fourth-order valence-electron chi connectivity index (χ4n) is 1.26. The van der Waals surface area contributed by atoms with Gasteiger partial charge in [-0.2, -0.15) is 0 Å². The van der Waals surface area contributed by atoms with Crippen LogP contribution in [0.5, 0.6) is 0 Å². The van der Waals surface area contributed by atoms with Gasteiger partial charge in [0.15, 0.2) is 5.03 Å². The molecule has 0 fully saturated rings. The Balaban J connectivity index is 2.88. The lowest BCUT2D eigenvalue weighted by molar-refractivity contribution is -0.136. The summed E-state index contributed by atoms with van der Waals surface area (Å²) in [5, 5.41) is 8.88. The number of nitrogens with zero attached hydrogens (tertiary/aromatic N) is 2. The normalized spacial score (nSPS) is 11.5. The van der Waals surface area contributed by atoms with Gasteiger partial charge in [-0.25, -0.2) is 4.98 Å². The van der Waals surface area contributed by atoms with E-state index in [-0.39, 0.29) is 17.5 Å². The molecular formula is C11H16N2O3S. The topological polar surface area (TPSA) is 72.2 Å². The maximum Gasteiger partial charge on any atom is 0.304 e. The lowest BCUT2D eigenvalue weighted by Gasteiger charge is -2.22. The summed E-state index contributed by atoms with van der Waals surface area (Å²) in [6.45, 7) is 5.79. The van der Waals surface area contributed by atoms with E-state index in [9.17, 15) is 9.59 Å². The first-order chi connectivity index (χ1) is 7.82. The molecule has 0 aromatic carbocycles. The largest absolute Gasteiger partial charge is 0.481 e. The molecule has 1 heterocycles. The highest BCUT2D eigenvalue weighted by Crippen LogP contribution is 2.15. The zero-order chi connectivity index (χ0) is 13.1. The summed E-state index contributed by atoms with van der Waals surface area (Å²) in [6.07, 6.45) is 3.23. The number of thioether (sulfide) groups is 1. The molecule has 94 valence electrons. The van der Waals surface area contributed by atoms with E-state index in [4.69, 9.17) is 5.11 Å². The van der Waals surface area contributed by atoms with Crippen LogP contribution < -0.4 is 5.56 Å². The van der Waals surface area contributed by atoms with Crippen LogP contribution in [0.1, 0.15) is 27.2 Å². The number of rotatable bonds is 4. The Morgan fingerprint density at radius 1 is 1.53 bits per heavy atom. The second kappa shape index (κ2) is 5.35. The van der Waals surface area contributed by atoms with Crippen molar-refractivity contribution in [2.45, 2.75) is 37.8 Å². The highest BCUT2D eigenvalue weighted by atomic mass is 32.2. The van der Waals surface area contributed by atoms with Crippen molar-refractivity contribution in [1.29, 1.82) is 0 Å². The molecule has 1 aromatic heterocycles. The van der Waals surface area contributed by atoms with E-state index in [0.717, 1.165) is 0 Å². The lowest BCUT2D eigenvalue weighted by atomic mass is 10.1. The summed E-state index contributed by atoms with van der Waals surface area (Å²) in [7, 11) is 0. The van der Waals surface area contributed by atoms with Gasteiger partial charge in [-0.3, -0.25) is 9.59 Å². The summed E-state index contributed by atoms with van der Waals surface area (Å²) in [4.78, 5) is 26.4. The van der Waals surface area contributed by atoms with Crippen molar-refractivity contribution in [2.75, 3.05) is 5.75 Å². The highest BCUT2D eigenvalue weighted by Gasteiger charge is 2.16. The van der Waals surface area contributed by atoms with E-state index in [1.54, 1.807) is 17.0 Å². The Morgan fingerprint density at radius 2 is 2.18 bits per heavy atom. The molecule has 6 heteroatoms. The second-order valence-electron chi connectivity index (χ2n) is 4.57. The zero-order valence-corrected chi connectivity index (χ0v) is 11.0. The van der Waals surface area contributed by atoms with Gasteiger partial charge in [0.1, 0.15) is 0 Å². The molecule has 0 saturated heterocycles. The van der Waals surface area contributed by atoms with Gasteiger partial charge in [-0.1, -0.05) is 0 Å². The van der Waals surface area contributed by atoms with E-state index in [2.05, 4.69) is 4.98 Å². The quantitative estimate of drug-likeness (QED) is 0.828. The number of aromatic nitrogens is 2. The fourth-order valence-corrected chi connectivity index (χ4v) is 2.08. The summed E-state index contributed by atoms with van der Waals surface area (Å²) in [5.74, 6) is -0.518. The molecule has 0 radical (unpaired) electrons. The number of carbonyl (C=O) groups is 1. The fraction of sp³-hybridized carbons (Fsp3) is 0.545. The number of hydrogen-bond acceptors (Lipinski definition) is 4. The summed E-state index contributed by atoms with van der Waals surface area (Å²) < 4.78 is 1.60. The Kier molecular flexibility index (Phi) is 4.34. The predicted molar refractivity (Wildman–Crippen MR) is 66.5 cm³/mol. The third-order valence-electron chi connectivity index (χ3n) is 2.09. The van der Waals surface area contributed by atoms with E-state index >= 15 is 0 Å². The van der Waals surface area contributed by atoms with E-state index in [0.29, 0.717) is 10.8 Å². The zero-order valence-electron chi connectivity index (χ0n) is 10.1. The van der Waals surface area contributed by atoms with Crippen molar-refractivity contribution in [1.82, 2.24) is 9.55 Å². The Hall–Kier alpha value is -1.30. The minimum atomic E-state index is -0.871. The van der Waals surface area contributed by atoms with Gasteiger partial charge in [-0.05, 0) is 20.8 Å². The van der Waals surface area contributed by atoms with Gasteiger partial charge in [0, 0.05) is 23.7 Å². The SMILES string of the molecule is CC(C)(C)n1ccnc(SCCC(=O)O)c1=O. The van der Waals surface area contributed by atoms with Gasteiger partial charge < -0.3 is 9.67 Å². The Morgan fingerprint density at radius 3 is 2.71 bits per heavy atom. The molecule has 0 spiro atoms. The van der Waals surface area contributed by atoms with Crippen molar-refractivity contribution >= 4 is 17.7 Å². The van der Waals surface area contributed by atoms with Crippen molar-refractivity contribution in [3.05, 3.63) is 22.7 Å². The molecule has 0 saturated carbocycles. The van der Waals surface area contributed by atoms with E-state index in [1.165, 1.54) is 11.8 Å². The van der Waals surface area contributed by atoms with Crippen molar-refractivity contribution in [3.63, 3.8) is 0 Å². The van der Waals surface area contributed by atoms with Crippen LogP contribution in [0.4, 0.5) is 0 Å². The van der Waals surface area contributed by atoms with Crippen LogP contribution in [0.25, 0.3) is 0 Å². The van der Waals surface area contributed by atoms with E-state index < -0.39 is 5.97 Å². The van der Waals surface area contributed by atoms with Crippen molar-refractivity contribution < 1.29 is 9.90 Å². The summed E-state index contributed by atoms with van der Waals surface area (Å²) >= 11 is 1.18. The molecule has 0 aliphatic carbocycles. The maximum absolute atomic E-state index is 12.0. The molecule has 0 aliphatic rings. The van der Waals surface area contributed by atoms with Gasteiger partial charge in [0.25, 0.3) is 5.56 Å². The molecule has 0 bridgehead atoms.